The number of methoxy groups -OCH3 is 3. The summed E-state index contributed by atoms with van der Waals surface area (Å²) in [5, 5.41) is 6.51. The number of benzene rings is 2. The Morgan fingerprint density at radius 1 is 1.08 bits per heavy atom. The van der Waals surface area contributed by atoms with Gasteiger partial charge in [-0.15, -0.1) is 0 Å². The van der Waals surface area contributed by atoms with Crippen molar-refractivity contribution in [2.24, 2.45) is 12.1 Å². The lowest BCUT2D eigenvalue weighted by Crippen LogP contribution is -2.43. The molecule has 0 saturated carbocycles. The van der Waals surface area contributed by atoms with Crippen molar-refractivity contribution in [2.75, 3.05) is 41.0 Å². The first kappa shape index (κ1) is 27.2. The molecule has 0 saturated heterocycles. The number of ether oxygens (including phenoxy) is 3. The first-order valence-corrected chi connectivity index (χ1v) is 12.5. The number of hydrogen-bond donors (Lipinski definition) is 0. The van der Waals surface area contributed by atoms with Crippen LogP contribution in [0.15, 0.2) is 65.9 Å². The summed E-state index contributed by atoms with van der Waals surface area (Å²) in [6, 6.07) is 15.7. The smallest absolute Gasteiger partial charge is 0.262 e. The SMILES string of the molecule is COCCN(CC(=O)N1N=C(c2cccn2C)CC1c1cc(OC)ccc1OC)C(=O)c1ccccc1Cl. The lowest BCUT2D eigenvalue weighted by atomic mass is 9.99. The topological polar surface area (TPSA) is 85.6 Å². The van der Waals surface area contributed by atoms with Gasteiger partial charge in [0.2, 0.25) is 0 Å². The van der Waals surface area contributed by atoms with Crippen LogP contribution in [-0.2, 0) is 16.6 Å². The van der Waals surface area contributed by atoms with Crippen LogP contribution in [-0.4, -0.2) is 73.0 Å². The number of halogens is 1. The molecule has 0 spiro atoms. The maximum atomic E-state index is 13.8. The molecule has 1 aliphatic heterocycles. The predicted octanol–water partition coefficient (Wildman–Crippen LogP) is 4.16. The Hall–Kier alpha value is -3.82. The van der Waals surface area contributed by atoms with Crippen LogP contribution in [0, 0.1) is 0 Å². The van der Waals surface area contributed by atoms with E-state index in [1.165, 1.54) is 9.91 Å². The summed E-state index contributed by atoms with van der Waals surface area (Å²) in [4.78, 5) is 28.7. The van der Waals surface area contributed by atoms with Crippen LogP contribution >= 0.6 is 11.6 Å². The van der Waals surface area contributed by atoms with E-state index in [4.69, 9.17) is 30.9 Å². The van der Waals surface area contributed by atoms with E-state index in [0.29, 0.717) is 28.5 Å². The van der Waals surface area contributed by atoms with Crippen LogP contribution in [0.2, 0.25) is 5.02 Å². The number of carbonyl (C=O) groups excluding carboxylic acids is 2. The maximum Gasteiger partial charge on any atom is 0.262 e. The molecule has 0 aliphatic carbocycles. The highest BCUT2D eigenvalue weighted by Gasteiger charge is 2.37. The minimum Gasteiger partial charge on any atom is -0.497 e. The summed E-state index contributed by atoms with van der Waals surface area (Å²) in [5.74, 6) is 0.541. The van der Waals surface area contributed by atoms with Gasteiger partial charge >= 0.3 is 0 Å². The molecule has 200 valence electrons. The van der Waals surface area contributed by atoms with Crippen LogP contribution in [0.3, 0.4) is 0 Å². The van der Waals surface area contributed by atoms with Gasteiger partial charge in [-0.25, -0.2) is 5.01 Å². The van der Waals surface area contributed by atoms with E-state index in [9.17, 15) is 9.59 Å². The molecule has 9 nitrogen and oxygen atoms in total. The number of rotatable bonds is 10. The van der Waals surface area contributed by atoms with Gasteiger partial charge in [-0.3, -0.25) is 9.59 Å². The number of aromatic nitrogens is 1. The molecule has 2 heterocycles. The number of hydrazone groups is 1. The predicted molar refractivity (Wildman–Crippen MR) is 145 cm³/mol. The van der Waals surface area contributed by atoms with Crippen molar-refractivity contribution in [1.82, 2.24) is 14.5 Å². The first-order valence-electron chi connectivity index (χ1n) is 12.1. The molecule has 38 heavy (non-hydrogen) atoms. The summed E-state index contributed by atoms with van der Waals surface area (Å²) in [6.07, 6.45) is 2.39. The molecular weight excluding hydrogens is 508 g/mol. The van der Waals surface area contributed by atoms with Crippen molar-refractivity contribution in [2.45, 2.75) is 12.5 Å². The van der Waals surface area contributed by atoms with Crippen molar-refractivity contribution in [3.05, 3.63) is 82.6 Å². The fourth-order valence-corrected chi connectivity index (χ4v) is 4.71. The number of amides is 2. The number of hydrogen-bond acceptors (Lipinski definition) is 6. The fraction of sp³-hybridized carbons (Fsp3) is 0.321. The third-order valence-electron chi connectivity index (χ3n) is 6.48. The van der Waals surface area contributed by atoms with Crippen molar-refractivity contribution in [1.29, 1.82) is 0 Å². The van der Waals surface area contributed by atoms with Crippen molar-refractivity contribution >= 4 is 29.1 Å². The van der Waals surface area contributed by atoms with Gasteiger partial charge in [-0.05, 0) is 42.5 Å². The van der Waals surface area contributed by atoms with E-state index < -0.39 is 6.04 Å². The Kier molecular flexibility index (Phi) is 8.70. The lowest BCUT2D eigenvalue weighted by Gasteiger charge is -2.28. The second kappa shape index (κ2) is 12.1. The molecule has 1 aromatic heterocycles. The lowest BCUT2D eigenvalue weighted by molar-refractivity contribution is -0.133. The molecule has 2 aromatic carbocycles. The molecule has 0 bridgehead atoms. The average molecular weight is 539 g/mol. The molecule has 0 radical (unpaired) electrons. The zero-order chi connectivity index (χ0) is 27.2. The Balaban J connectivity index is 1.70. The monoisotopic (exact) mass is 538 g/mol. The van der Waals surface area contributed by atoms with Gasteiger partial charge in [0.25, 0.3) is 11.8 Å². The number of aryl methyl sites for hydroxylation is 1. The largest absolute Gasteiger partial charge is 0.497 e. The van der Waals surface area contributed by atoms with Gasteiger partial charge in [0.1, 0.15) is 18.0 Å². The number of nitrogens with zero attached hydrogens (tertiary/aromatic N) is 4. The molecule has 0 fully saturated rings. The van der Waals surface area contributed by atoms with Crippen molar-refractivity contribution in [3.8, 4) is 11.5 Å². The van der Waals surface area contributed by atoms with Crippen LogP contribution in [0.25, 0.3) is 0 Å². The molecule has 2 amide bonds. The van der Waals surface area contributed by atoms with Crippen LogP contribution < -0.4 is 9.47 Å². The molecular formula is C28H31ClN4O5. The van der Waals surface area contributed by atoms with E-state index in [1.54, 1.807) is 51.7 Å². The van der Waals surface area contributed by atoms with Crippen LogP contribution in [0.1, 0.15) is 34.1 Å². The summed E-state index contributed by atoms with van der Waals surface area (Å²) in [7, 11) is 6.64. The highest BCUT2D eigenvalue weighted by Crippen LogP contribution is 2.39. The Labute approximate surface area is 227 Å². The standard InChI is InChI=1S/C28H31ClN4O5/c1-31-13-7-10-24(31)23-17-25(21-16-19(37-3)11-12-26(21)38-4)33(30-23)27(34)18-32(14-15-36-2)28(35)20-8-5-6-9-22(20)29/h5-13,16,25H,14-15,17-18H2,1-4H3. The average Bonchev–Trinajstić information content (AvgIpc) is 3.56. The van der Waals surface area contributed by atoms with Gasteiger partial charge in [-0.1, -0.05) is 23.7 Å². The third-order valence-corrected chi connectivity index (χ3v) is 6.81. The van der Waals surface area contributed by atoms with E-state index in [1.807, 2.05) is 42.1 Å². The minimum absolute atomic E-state index is 0.208. The quantitative estimate of drug-likeness (QED) is 0.387. The summed E-state index contributed by atoms with van der Waals surface area (Å²) in [5.41, 5.74) is 2.73. The van der Waals surface area contributed by atoms with Crippen LogP contribution in [0.4, 0.5) is 0 Å². The summed E-state index contributed by atoms with van der Waals surface area (Å²) in [6.45, 7) is 0.260. The zero-order valence-corrected chi connectivity index (χ0v) is 22.6. The van der Waals surface area contributed by atoms with E-state index >= 15 is 0 Å². The summed E-state index contributed by atoms with van der Waals surface area (Å²) < 4.78 is 18.2. The number of carbonyl (C=O) groups is 2. The second-order valence-electron chi connectivity index (χ2n) is 8.82. The Bertz CT molecular complexity index is 1340. The van der Waals surface area contributed by atoms with E-state index in [0.717, 1.165) is 17.0 Å². The zero-order valence-electron chi connectivity index (χ0n) is 21.9. The highest BCUT2D eigenvalue weighted by molar-refractivity contribution is 6.33. The van der Waals surface area contributed by atoms with Crippen LogP contribution in [0.5, 0.6) is 11.5 Å². The van der Waals surface area contributed by atoms with E-state index in [2.05, 4.69) is 0 Å². The minimum atomic E-state index is -0.461. The highest BCUT2D eigenvalue weighted by atomic mass is 35.5. The van der Waals surface area contributed by atoms with E-state index in [-0.39, 0.29) is 31.5 Å². The Morgan fingerprint density at radius 3 is 2.53 bits per heavy atom. The molecule has 1 atom stereocenters. The fourth-order valence-electron chi connectivity index (χ4n) is 4.49. The third kappa shape index (κ3) is 5.69. The van der Waals surface area contributed by atoms with Gasteiger partial charge in [-0.2, -0.15) is 5.10 Å². The first-order chi connectivity index (χ1) is 18.4. The van der Waals surface area contributed by atoms with Gasteiger partial charge in [0.05, 0.1) is 48.9 Å². The molecule has 10 heteroatoms. The summed E-state index contributed by atoms with van der Waals surface area (Å²) >= 11 is 6.29. The maximum absolute atomic E-state index is 13.8. The van der Waals surface area contributed by atoms with Gasteiger partial charge < -0.3 is 23.7 Å². The molecule has 1 unspecified atom stereocenters. The molecule has 3 aromatic rings. The molecule has 1 aliphatic rings. The van der Waals surface area contributed by atoms with Crippen molar-refractivity contribution < 1.29 is 23.8 Å². The van der Waals surface area contributed by atoms with Gasteiger partial charge in [0.15, 0.2) is 0 Å². The normalized spacial score (nSPS) is 14.8. The Morgan fingerprint density at radius 2 is 1.87 bits per heavy atom. The second-order valence-corrected chi connectivity index (χ2v) is 9.22. The van der Waals surface area contributed by atoms with Crippen molar-refractivity contribution in [3.63, 3.8) is 0 Å². The molecule has 4 rings (SSSR count). The van der Waals surface area contributed by atoms with Gasteiger partial charge in [0, 0.05) is 38.9 Å². The molecule has 0 N–H and O–H groups in total.